The van der Waals surface area contributed by atoms with Crippen LogP contribution in [0.25, 0.3) is 6.08 Å². The van der Waals surface area contributed by atoms with Crippen LogP contribution in [0.15, 0.2) is 18.6 Å². The lowest BCUT2D eigenvalue weighted by Gasteiger charge is -2.20. The number of hydrogen-bond acceptors (Lipinski definition) is 3. The third kappa shape index (κ3) is 1.51. The van der Waals surface area contributed by atoms with E-state index in [4.69, 9.17) is 0 Å². The first-order valence-electron chi connectivity index (χ1n) is 4.40. The maximum Gasteiger partial charge on any atom is 0.255 e. The summed E-state index contributed by atoms with van der Waals surface area (Å²) in [6.45, 7) is 3.86. The van der Waals surface area contributed by atoms with Crippen LogP contribution in [0.2, 0.25) is 0 Å². The number of fused-ring (bicyclic) bond motifs is 1. The molecule has 1 aromatic rings. The lowest BCUT2D eigenvalue weighted by atomic mass is 10.1. The van der Waals surface area contributed by atoms with Crippen molar-refractivity contribution in [1.29, 1.82) is 0 Å². The Labute approximate surface area is 82.1 Å². The number of hydrogen-bond donors (Lipinski definition) is 1. The highest BCUT2D eigenvalue weighted by Gasteiger charge is 2.23. The molecule has 1 N–H and O–H groups in total. The second-order valence-corrected chi connectivity index (χ2v) is 3.83. The van der Waals surface area contributed by atoms with Crippen LogP contribution in [-0.4, -0.2) is 21.4 Å². The Bertz CT molecular complexity index is 410. The molecule has 0 fully saturated rings. The molecule has 1 aliphatic heterocycles. The molecule has 1 amide bonds. The largest absolute Gasteiger partial charge is 0.344 e. The number of rotatable bonds is 0. The molecule has 0 saturated carbocycles. The van der Waals surface area contributed by atoms with Gasteiger partial charge in [0.1, 0.15) is 6.33 Å². The highest BCUT2D eigenvalue weighted by Crippen LogP contribution is 2.16. The summed E-state index contributed by atoms with van der Waals surface area (Å²) in [7, 11) is 0. The van der Waals surface area contributed by atoms with Gasteiger partial charge in [-0.15, -0.1) is 0 Å². The topological polar surface area (TPSA) is 54.9 Å². The van der Waals surface area contributed by atoms with Gasteiger partial charge in [-0.05, 0) is 19.9 Å². The lowest BCUT2D eigenvalue weighted by Crippen LogP contribution is -2.40. The van der Waals surface area contributed by atoms with Crippen molar-refractivity contribution < 1.29 is 4.79 Å². The standard InChI is InChI=1S/C10H11N3O/c1-10(2)4-3-8-7(9(14)13-10)5-11-6-12-8/h3-6H,1-2H3,(H,13,14). The monoisotopic (exact) mass is 189 g/mol. The van der Waals surface area contributed by atoms with Crippen molar-refractivity contribution in [2.24, 2.45) is 0 Å². The Hall–Kier alpha value is -1.71. The Balaban J connectivity index is 2.52. The minimum Gasteiger partial charge on any atom is -0.344 e. The number of nitrogens with one attached hydrogen (secondary N) is 1. The van der Waals surface area contributed by atoms with Crippen molar-refractivity contribution in [3.05, 3.63) is 29.9 Å². The minimum atomic E-state index is -0.336. The predicted octanol–water partition coefficient (Wildman–Crippen LogP) is 1.01. The van der Waals surface area contributed by atoms with Crippen molar-refractivity contribution in [3.8, 4) is 0 Å². The predicted molar refractivity (Wildman–Crippen MR) is 52.6 cm³/mol. The van der Waals surface area contributed by atoms with Gasteiger partial charge < -0.3 is 5.32 Å². The fraction of sp³-hybridized carbons (Fsp3) is 0.300. The fourth-order valence-electron chi connectivity index (χ4n) is 1.34. The molecular formula is C10H11N3O. The number of carbonyl (C=O) groups is 1. The summed E-state index contributed by atoms with van der Waals surface area (Å²) < 4.78 is 0. The summed E-state index contributed by atoms with van der Waals surface area (Å²) in [6.07, 6.45) is 6.73. The molecule has 0 aromatic carbocycles. The van der Waals surface area contributed by atoms with Crippen LogP contribution in [0.4, 0.5) is 0 Å². The molecule has 2 rings (SSSR count). The summed E-state index contributed by atoms with van der Waals surface area (Å²) >= 11 is 0. The molecule has 0 bridgehead atoms. The van der Waals surface area contributed by atoms with Crippen LogP contribution in [0.3, 0.4) is 0 Å². The maximum atomic E-state index is 11.7. The van der Waals surface area contributed by atoms with Crippen molar-refractivity contribution in [1.82, 2.24) is 15.3 Å². The second kappa shape index (κ2) is 2.90. The summed E-state index contributed by atoms with van der Waals surface area (Å²) in [5.41, 5.74) is 0.857. The summed E-state index contributed by atoms with van der Waals surface area (Å²) in [5, 5.41) is 2.87. The normalized spacial score (nSPS) is 18.3. The molecule has 72 valence electrons. The first-order valence-corrected chi connectivity index (χ1v) is 4.40. The van der Waals surface area contributed by atoms with Gasteiger partial charge >= 0.3 is 0 Å². The van der Waals surface area contributed by atoms with Gasteiger partial charge in [-0.2, -0.15) is 0 Å². The van der Waals surface area contributed by atoms with E-state index < -0.39 is 0 Å². The highest BCUT2D eigenvalue weighted by atomic mass is 16.1. The van der Waals surface area contributed by atoms with Gasteiger partial charge in [-0.3, -0.25) is 4.79 Å². The molecule has 0 unspecified atom stereocenters. The van der Waals surface area contributed by atoms with Crippen molar-refractivity contribution >= 4 is 12.0 Å². The third-order valence-electron chi connectivity index (χ3n) is 2.08. The van der Waals surface area contributed by atoms with Crippen LogP contribution in [0, 0.1) is 0 Å². The smallest absolute Gasteiger partial charge is 0.255 e. The van der Waals surface area contributed by atoms with Gasteiger partial charge in [0.05, 0.1) is 16.8 Å². The average Bonchev–Trinajstić information content (AvgIpc) is 2.24. The van der Waals surface area contributed by atoms with Crippen LogP contribution in [-0.2, 0) is 0 Å². The van der Waals surface area contributed by atoms with Gasteiger partial charge in [0, 0.05) is 6.20 Å². The van der Waals surface area contributed by atoms with Gasteiger partial charge in [0.15, 0.2) is 0 Å². The van der Waals surface area contributed by atoms with E-state index in [1.165, 1.54) is 12.5 Å². The van der Waals surface area contributed by atoms with Crippen LogP contribution in [0.1, 0.15) is 29.9 Å². The Morgan fingerprint density at radius 2 is 2.21 bits per heavy atom. The summed E-state index contributed by atoms with van der Waals surface area (Å²) in [5.74, 6) is -0.129. The lowest BCUT2D eigenvalue weighted by molar-refractivity contribution is 0.0928. The SMILES string of the molecule is CC1(C)C=Cc2ncncc2C(=O)N1. The number of carbonyl (C=O) groups excluding carboxylic acids is 1. The average molecular weight is 189 g/mol. The van der Waals surface area contributed by atoms with Gasteiger partial charge in [0.2, 0.25) is 0 Å². The molecule has 14 heavy (non-hydrogen) atoms. The quantitative estimate of drug-likeness (QED) is 0.662. The van der Waals surface area contributed by atoms with E-state index in [9.17, 15) is 4.79 Å². The Morgan fingerprint density at radius 3 is 3.00 bits per heavy atom. The molecule has 0 radical (unpaired) electrons. The molecule has 4 nitrogen and oxygen atoms in total. The van der Waals surface area contributed by atoms with Crippen LogP contribution >= 0.6 is 0 Å². The number of aromatic nitrogens is 2. The van der Waals surface area contributed by atoms with E-state index in [1.807, 2.05) is 26.0 Å². The molecule has 0 atom stereocenters. The first-order chi connectivity index (χ1) is 6.58. The van der Waals surface area contributed by atoms with Gasteiger partial charge in [0.25, 0.3) is 5.91 Å². The molecule has 0 saturated heterocycles. The Kier molecular flexibility index (Phi) is 1.84. The van der Waals surface area contributed by atoms with Crippen LogP contribution in [0.5, 0.6) is 0 Å². The van der Waals surface area contributed by atoms with Crippen molar-refractivity contribution in [3.63, 3.8) is 0 Å². The number of amides is 1. The van der Waals surface area contributed by atoms with E-state index in [1.54, 1.807) is 0 Å². The van der Waals surface area contributed by atoms with Crippen LogP contribution < -0.4 is 5.32 Å². The zero-order valence-corrected chi connectivity index (χ0v) is 8.11. The van der Waals surface area contributed by atoms with Crippen molar-refractivity contribution in [2.75, 3.05) is 0 Å². The van der Waals surface area contributed by atoms with E-state index in [0.717, 1.165) is 0 Å². The zero-order chi connectivity index (χ0) is 10.2. The molecule has 4 heteroatoms. The number of nitrogens with zero attached hydrogens (tertiary/aromatic N) is 2. The highest BCUT2D eigenvalue weighted by molar-refractivity contribution is 5.98. The molecule has 1 aliphatic rings. The van der Waals surface area contributed by atoms with E-state index >= 15 is 0 Å². The maximum absolute atomic E-state index is 11.7. The van der Waals surface area contributed by atoms with Gasteiger partial charge in [-0.1, -0.05) is 6.08 Å². The summed E-state index contributed by atoms with van der Waals surface area (Å²) in [4.78, 5) is 19.6. The molecule has 0 spiro atoms. The van der Waals surface area contributed by atoms with Crippen molar-refractivity contribution in [2.45, 2.75) is 19.4 Å². The fourth-order valence-corrected chi connectivity index (χ4v) is 1.34. The van der Waals surface area contributed by atoms with Gasteiger partial charge in [-0.25, -0.2) is 9.97 Å². The van der Waals surface area contributed by atoms with E-state index in [2.05, 4.69) is 15.3 Å². The minimum absolute atomic E-state index is 0.129. The molecule has 2 heterocycles. The first kappa shape index (κ1) is 8.87. The summed E-state index contributed by atoms with van der Waals surface area (Å²) in [6, 6.07) is 0. The molecular weight excluding hydrogens is 178 g/mol. The Morgan fingerprint density at radius 1 is 1.43 bits per heavy atom. The molecule has 1 aromatic heterocycles. The van der Waals surface area contributed by atoms with E-state index in [-0.39, 0.29) is 11.4 Å². The third-order valence-corrected chi connectivity index (χ3v) is 2.08. The molecule has 0 aliphatic carbocycles. The van der Waals surface area contributed by atoms with E-state index in [0.29, 0.717) is 11.3 Å². The second-order valence-electron chi connectivity index (χ2n) is 3.83. The zero-order valence-electron chi connectivity index (χ0n) is 8.11.